The minimum Gasteiger partial charge on any atom is -0.480 e. The van der Waals surface area contributed by atoms with E-state index in [1.807, 2.05) is 11.6 Å². The molecule has 2 N–H and O–H groups in total. The van der Waals surface area contributed by atoms with Gasteiger partial charge in [-0.15, -0.1) is 10.2 Å². The maximum atomic E-state index is 11.0. The zero-order valence-electron chi connectivity index (χ0n) is 9.60. The van der Waals surface area contributed by atoms with Gasteiger partial charge in [-0.1, -0.05) is 11.8 Å². The molecule has 1 unspecified atom stereocenters. The van der Waals surface area contributed by atoms with Gasteiger partial charge in [0.05, 0.1) is 0 Å². The standard InChI is InChI=1S/C9H16N4O2S/c1-9(10-2,7(14)15)4-5-16-8-12-11-6-13(8)3/h6,10H,4-5H2,1-3H3,(H,14,15). The van der Waals surface area contributed by atoms with Crippen molar-refractivity contribution in [3.05, 3.63) is 6.33 Å². The number of likely N-dealkylation sites (N-methyl/N-ethyl adjacent to an activating group) is 1. The average Bonchev–Trinajstić information content (AvgIpc) is 2.64. The van der Waals surface area contributed by atoms with E-state index >= 15 is 0 Å². The van der Waals surface area contributed by atoms with Crippen molar-refractivity contribution in [1.29, 1.82) is 0 Å². The first-order valence-corrected chi connectivity index (χ1v) is 5.87. The second kappa shape index (κ2) is 5.31. The number of nitrogens with zero attached hydrogens (tertiary/aromatic N) is 3. The van der Waals surface area contributed by atoms with Gasteiger partial charge in [0.25, 0.3) is 0 Å². The summed E-state index contributed by atoms with van der Waals surface area (Å²) in [4.78, 5) is 11.0. The van der Waals surface area contributed by atoms with Gasteiger partial charge in [0.1, 0.15) is 11.9 Å². The summed E-state index contributed by atoms with van der Waals surface area (Å²) in [7, 11) is 3.51. The second-order valence-electron chi connectivity index (χ2n) is 3.71. The molecule has 1 aromatic heterocycles. The van der Waals surface area contributed by atoms with Crippen molar-refractivity contribution in [2.24, 2.45) is 7.05 Å². The van der Waals surface area contributed by atoms with Crippen LogP contribution in [-0.2, 0) is 11.8 Å². The molecule has 16 heavy (non-hydrogen) atoms. The van der Waals surface area contributed by atoms with Crippen molar-refractivity contribution in [1.82, 2.24) is 20.1 Å². The lowest BCUT2D eigenvalue weighted by Gasteiger charge is -2.23. The molecule has 0 aromatic carbocycles. The van der Waals surface area contributed by atoms with E-state index in [0.29, 0.717) is 12.2 Å². The van der Waals surface area contributed by atoms with Gasteiger partial charge in [0, 0.05) is 12.8 Å². The predicted octanol–water partition coefficient (Wildman–Crippen LogP) is 0.360. The van der Waals surface area contributed by atoms with Crippen LogP contribution in [0.25, 0.3) is 0 Å². The molecular formula is C9H16N4O2S. The van der Waals surface area contributed by atoms with E-state index in [9.17, 15) is 4.79 Å². The van der Waals surface area contributed by atoms with E-state index in [2.05, 4.69) is 15.5 Å². The molecule has 0 radical (unpaired) electrons. The predicted molar refractivity (Wildman–Crippen MR) is 61.4 cm³/mol. The molecule has 0 aliphatic rings. The largest absolute Gasteiger partial charge is 0.480 e. The fourth-order valence-corrected chi connectivity index (χ4v) is 2.14. The van der Waals surface area contributed by atoms with Gasteiger partial charge < -0.3 is 15.0 Å². The summed E-state index contributed by atoms with van der Waals surface area (Å²) in [6, 6.07) is 0. The van der Waals surface area contributed by atoms with E-state index < -0.39 is 11.5 Å². The summed E-state index contributed by atoms with van der Waals surface area (Å²) in [5, 5.41) is 20.3. The van der Waals surface area contributed by atoms with Gasteiger partial charge in [-0.05, 0) is 20.4 Å². The lowest BCUT2D eigenvalue weighted by molar-refractivity contribution is -0.144. The molecule has 1 atom stereocenters. The minimum atomic E-state index is -0.883. The zero-order valence-corrected chi connectivity index (χ0v) is 10.4. The SMILES string of the molecule is CNC(C)(CCSc1nncn1C)C(=O)O. The Morgan fingerprint density at radius 3 is 2.88 bits per heavy atom. The summed E-state index contributed by atoms with van der Waals surface area (Å²) in [6.07, 6.45) is 2.15. The monoisotopic (exact) mass is 244 g/mol. The molecule has 0 spiro atoms. The molecular weight excluding hydrogens is 228 g/mol. The summed E-state index contributed by atoms with van der Waals surface area (Å²) >= 11 is 1.50. The maximum Gasteiger partial charge on any atom is 0.323 e. The van der Waals surface area contributed by atoms with Crippen molar-refractivity contribution in [3.63, 3.8) is 0 Å². The first-order chi connectivity index (χ1) is 7.49. The number of rotatable bonds is 6. The van der Waals surface area contributed by atoms with Crippen LogP contribution in [-0.4, -0.2) is 44.2 Å². The van der Waals surface area contributed by atoms with Crippen LogP contribution in [0.1, 0.15) is 13.3 Å². The van der Waals surface area contributed by atoms with Crippen molar-refractivity contribution < 1.29 is 9.90 Å². The van der Waals surface area contributed by atoms with Crippen molar-refractivity contribution in [2.75, 3.05) is 12.8 Å². The number of carbonyl (C=O) groups is 1. The number of aryl methyl sites for hydroxylation is 1. The molecule has 0 bridgehead atoms. The molecule has 90 valence electrons. The van der Waals surface area contributed by atoms with Gasteiger partial charge in [0.15, 0.2) is 5.16 Å². The Hall–Kier alpha value is -1.08. The van der Waals surface area contributed by atoms with E-state index in [4.69, 9.17) is 5.11 Å². The van der Waals surface area contributed by atoms with Crippen LogP contribution < -0.4 is 5.32 Å². The molecule has 0 fully saturated rings. The highest BCUT2D eigenvalue weighted by molar-refractivity contribution is 7.99. The first kappa shape index (κ1) is 13.0. The molecule has 0 saturated heterocycles. The Bertz CT molecular complexity index is 368. The van der Waals surface area contributed by atoms with Gasteiger partial charge in [-0.3, -0.25) is 4.79 Å². The molecule has 0 aliphatic carbocycles. The third-order valence-corrected chi connectivity index (χ3v) is 3.56. The van der Waals surface area contributed by atoms with Crippen LogP contribution in [0.4, 0.5) is 0 Å². The normalized spacial score (nSPS) is 14.7. The summed E-state index contributed by atoms with van der Waals surface area (Å²) < 4.78 is 1.81. The molecule has 1 aromatic rings. The minimum absolute atomic E-state index is 0.524. The van der Waals surface area contributed by atoms with Crippen molar-refractivity contribution >= 4 is 17.7 Å². The summed E-state index contributed by atoms with van der Waals surface area (Å²) in [6.45, 7) is 1.67. The van der Waals surface area contributed by atoms with Crippen LogP contribution in [0.15, 0.2) is 11.5 Å². The molecule has 0 amide bonds. The Kier molecular flexibility index (Phi) is 4.31. The Labute approximate surface area is 98.4 Å². The van der Waals surface area contributed by atoms with Gasteiger partial charge >= 0.3 is 5.97 Å². The van der Waals surface area contributed by atoms with Crippen LogP contribution >= 0.6 is 11.8 Å². The number of hydrogen-bond donors (Lipinski definition) is 2. The fraction of sp³-hybridized carbons (Fsp3) is 0.667. The molecule has 0 saturated carbocycles. The zero-order chi connectivity index (χ0) is 12.2. The second-order valence-corrected chi connectivity index (χ2v) is 4.77. The van der Waals surface area contributed by atoms with Gasteiger partial charge in [-0.2, -0.15) is 0 Å². The highest BCUT2D eigenvalue weighted by Gasteiger charge is 2.30. The van der Waals surface area contributed by atoms with Crippen molar-refractivity contribution in [3.8, 4) is 0 Å². The van der Waals surface area contributed by atoms with Crippen LogP contribution in [0.5, 0.6) is 0 Å². The molecule has 7 heteroatoms. The highest BCUT2D eigenvalue weighted by atomic mass is 32.2. The number of nitrogens with one attached hydrogen (secondary N) is 1. The maximum absolute atomic E-state index is 11.0. The Morgan fingerprint density at radius 1 is 1.75 bits per heavy atom. The molecule has 6 nitrogen and oxygen atoms in total. The first-order valence-electron chi connectivity index (χ1n) is 4.88. The smallest absolute Gasteiger partial charge is 0.323 e. The highest BCUT2D eigenvalue weighted by Crippen LogP contribution is 2.19. The average molecular weight is 244 g/mol. The van der Waals surface area contributed by atoms with Gasteiger partial charge in [-0.25, -0.2) is 0 Å². The van der Waals surface area contributed by atoms with Crippen LogP contribution in [0, 0.1) is 0 Å². The number of thioether (sulfide) groups is 1. The fourth-order valence-electron chi connectivity index (χ4n) is 1.09. The Balaban J connectivity index is 2.46. The number of carboxylic acid groups (broad SMARTS) is 1. The number of carboxylic acids is 1. The third kappa shape index (κ3) is 2.96. The Morgan fingerprint density at radius 2 is 2.44 bits per heavy atom. The lowest BCUT2D eigenvalue weighted by Crippen LogP contribution is -2.47. The molecule has 1 heterocycles. The lowest BCUT2D eigenvalue weighted by atomic mass is 10.00. The van der Waals surface area contributed by atoms with E-state index in [1.165, 1.54) is 11.8 Å². The van der Waals surface area contributed by atoms with E-state index in [0.717, 1.165) is 5.16 Å². The molecule has 1 rings (SSSR count). The van der Waals surface area contributed by atoms with Gasteiger partial charge in [0.2, 0.25) is 0 Å². The van der Waals surface area contributed by atoms with Crippen LogP contribution in [0.3, 0.4) is 0 Å². The van der Waals surface area contributed by atoms with E-state index in [1.54, 1.807) is 20.3 Å². The molecule has 0 aliphatic heterocycles. The third-order valence-electron chi connectivity index (χ3n) is 2.53. The number of hydrogen-bond acceptors (Lipinski definition) is 5. The number of aromatic nitrogens is 3. The number of aliphatic carboxylic acids is 1. The van der Waals surface area contributed by atoms with E-state index in [-0.39, 0.29) is 0 Å². The topological polar surface area (TPSA) is 80.0 Å². The summed E-state index contributed by atoms with van der Waals surface area (Å²) in [5.41, 5.74) is -0.883. The van der Waals surface area contributed by atoms with Crippen LogP contribution in [0.2, 0.25) is 0 Å². The van der Waals surface area contributed by atoms with Crippen molar-refractivity contribution in [2.45, 2.75) is 24.0 Å². The quantitative estimate of drug-likeness (QED) is 0.703. The summed E-state index contributed by atoms with van der Waals surface area (Å²) in [5.74, 6) is -0.163.